The van der Waals surface area contributed by atoms with E-state index in [2.05, 4.69) is 15.4 Å². The minimum absolute atomic E-state index is 0.243. The molecule has 4 aromatic rings. The van der Waals surface area contributed by atoms with E-state index in [1.807, 2.05) is 66.7 Å². The van der Waals surface area contributed by atoms with E-state index in [1.54, 1.807) is 45.2 Å². The highest BCUT2D eigenvalue weighted by Crippen LogP contribution is 2.32. The maximum Gasteiger partial charge on any atom is 0.270 e. The fraction of sp³-hybridized carbons (Fsp3) is 0.156. The van der Waals surface area contributed by atoms with Crippen LogP contribution in [-0.4, -0.2) is 29.2 Å². The van der Waals surface area contributed by atoms with Crippen molar-refractivity contribution in [2.45, 2.75) is 19.9 Å². The molecule has 10 heteroatoms. The third-order valence-corrected chi connectivity index (χ3v) is 8.21. The normalized spacial score (nSPS) is 18.5. The predicted molar refractivity (Wildman–Crippen MR) is 163 cm³/mol. The number of nitrogens with zero attached hydrogens (tertiary/aromatic N) is 4. The van der Waals surface area contributed by atoms with Crippen LogP contribution in [0.3, 0.4) is 0 Å². The van der Waals surface area contributed by atoms with E-state index < -0.39 is 12.0 Å². The van der Waals surface area contributed by atoms with Crippen LogP contribution in [0, 0.1) is 5.92 Å². The first kappa shape index (κ1) is 27.1. The lowest BCUT2D eigenvalue weighted by Crippen LogP contribution is -2.41. The Morgan fingerprint density at radius 3 is 2.40 bits per heavy atom. The lowest BCUT2D eigenvalue weighted by molar-refractivity contribution is -0.118. The Labute approximate surface area is 245 Å². The summed E-state index contributed by atoms with van der Waals surface area (Å²) in [6.45, 7) is 3.54. The summed E-state index contributed by atoms with van der Waals surface area (Å²) in [7, 11) is 1.57. The molecule has 0 spiro atoms. The molecule has 1 aromatic heterocycles. The number of aromatic nitrogens is 1. The van der Waals surface area contributed by atoms with Crippen LogP contribution in [0.1, 0.15) is 25.5 Å². The Kier molecular flexibility index (Phi) is 7.13. The number of nitrogens with one attached hydrogen (secondary N) is 1. The summed E-state index contributed by atoms with van der Waals surface area (Å²) in [5, 5.41) is 8.77. The number of carbonyl (C=O) groups is 2. The molecule has 210 valence electrons. The molecule has 2 amide bonds. The van der Waals surface area contributed by atoms with Crippen LogP contribution in [0.25, 0.3) is 6.08 Å². The Bertz CT molecular complexity index is 1940. The first-order valence-corrected chi connectivity index (χ1v) is 14.1. The zero-order chi connectivity index (χ0) is 29.4. The van der Waals surface area contributed by atoms with Crippen molar-refractivity contribution in [1.29, 1.82) is 0 Å². The zero-order valence-corrected chi connectivity index (χ0v) is 24.0. The van der Waals surface area contributed by atoms with E-state index in [0.29, 0.717) is 49.0 Å². The van der Waals surface area contributed by atoms with Gasteiger partial charge in [-0.3, -0.25) is 19.0 Å². The summed E-state index contributed by atoms with van der Waals surface area (Å²) in [5.74, 6) is -0.717. The molecule has 1 N–H and O–H groups in total. The first-order valence-electron chi connectivity index (χ1n) is 13.3. The van der Waals surface area contributed by atoms with Gasteiger partial charge < -0.3 is 10.1 Å². The van der Waals surface area contributed by atoms with Crippen molar-refractivity contribution < 1.29 is 14.3 Å². The molecule has 6 rings (SSSR count). The molecule has 2 atom stereocenters. The highest BCUT2D eigenvalue weighted by atomic mass is 32.1. The van der Waals surface area contributed by atoms with Gasteiger partial charge in [0.05, 0.1) is 40.4 Å². The maximum absolute atomic E-state index is 14.1. The molecular formula is C32H27N5O4S. The van der Waals surface area contributed by atoms with E-state index in [9.17, 15) is 14.4 Å². The predicted octanol–water partition coefficient (Wildman–Crippen LogP) is 3.87. The number of hydrogen-bond donors (Lipinski definition) is 1. The van der Waals surface area contributed by atoms with E-state index in [-0.39, 0.29) is 17.4 Å². The van der Waals surface area contributed by atoms with Gasteiger partial charge in [-0.25, -0.2) is 4.99 Å². The van der Waals surface area contributed by atoms with Crippen molar-refractivity contribution in [3.63, 3.8) is 0 Å². The van der Waals surface area contributed by atoms with Gasteiger partial charge in [-0.15, -0.1) is 0 Å². The average molecular weight is 578 g/mol. The monoisotopic (exact) mass is 577 g/mol. The minimum Gasteiger partial charge on any atom is -0.497 e. The molecule has 0 aliphatic carbocycles. The van der Waals surface area contributed by atoms with E-state index >= 15 is 0 Å². The van der Waals surface area contributed by atoms with Crippen molar-refractivity contribution in [3.8, 4) is 5.75 Å². The zero-order valence-electron chi connectivity index (χ0n) is 23.1. The fourth-order valence-corrected chi connectivity index (χ4v) is 6.21. The molecular weight excluding hydrogens is 550 g/mol. The Morgan fingerprint density at radius 1 is 0.976 bits per heavy atom. The van der Waals surface area contributed by atoms with Crippen molar-refractivity contribution in [1.82, 2.24) is 4.57 Å². The number of carbonyl (C=O) groups excluding carboxylic acids is 2. The van der Waals surface area contributed by atoms with E-state index in [1.165, 1.54) is 20.9 Å². The summed E-state index contributed by atoms with van der Waals surface area (Å²) < 4.78 is 7.34. The molecule has 2 aliphatic rings. The number of ether oxygens (including phenoxy) is 1. The standard InChI is InChI=1S/C32H27N5O4S/c1-19-25(30(39)37(35-19)23-14-8-5-9-15-23)18-26-31(40)36-28(21-11-10-16-24(17-21)41-3)27(20(2)33-32(36)42-26)29(38)34-22-12-6-4-7-13-22/h4-18,25,28H,1-3H3,(H,34,38)/b26-18+/t25-,28+/m0/s1. The Hall–Kier alpha value is -5.09. The van der Waals surface area contributed by atoms with Crippen LogP contribution in [0.2, 0.25) is 0 Å². The SMILES string of the molecule is COc1cccc([C@@H]2C(C(=O)Nc3ccccc3)=C(C)N=c3s/c(=C/[C@@H]4C(=O)N(c5ccccc5)N=C4C)c(=O)n32)c1. The third kappa shape index (κ3) is 4.86. The second-order valence-corrected chi connectivity index (χ2v) is 10.9. The maximum atomic E-state index is 14.1. The van der Waals surface area contributed by atoms with Gasteiger partial charge in [-0.05, 0) is 61.9 Å². The molecule has 42 heavy (non-hydrogen) atoms. The van der Waals surface area contributed by atoms with Gasteiger partial charge in [-0.1, -0.05) is 59.9 Å². The van der Waals surface area contributed by atoms with Gasteiger partial charge in [0.25, 0.3) is 17.4 Å². The highest BCUT2D eigenvalue weighted by Gasteiger charge is 2.35. The third-order valence-electron chi connectivity index (χ3n) is 7.21. The second-order valence-electron chi connectivity index (χ2n) is 9.91. The summed E-state index contributed by atoms with van der Waals surface area (Å²) in [5.41, 5.74) is 3.05. The van der Waals surface area contributed by atoms with Crippen LogP contribution in [0.5, 0.6) is 5.75 Å². The van der Waals surface area contributed by atoms with Crippen LogP contribution >= 0.6 is 11.3 Å². The molecule has 0 fully saturated rings. The molecule has 0 radical (unpaired) electrons. The minimum atomic E-state index is -0.767. The van der Waals surface area contributed by atoms with Gasteiger partial charge in [0.1, 0.15) is 11.7 Å². The number of fused-ring (bicyclic) bond motifs is 1. The van der Waals surface area contributed by atoms with Crippen LogP contribution < -0.4 is 30.0 Å². The number of rotatable bonds is 6. The van der Waals surface area contributed by atoms with Crippen LogP contribution in [0.4, 0.5) is 11.4 Å². The number of anilines is 2. The first-order chi connectivity index (χ1) is 20.4. The quantitative estimate of drug-likeness (QED) is 0.376. The molecule has 0 bridgehead atoms. The number of thiazole rings is 1. The van der Waals surface area contributed by atoms with Crippen LogP contribution in [-0.2, 0) is 9.59 Å². The van der Waals surface area contributed by atoms with Crippen molar-refractivity contribution in [2.24, 2.45) is 16.0 Å². The number of amides is 2. The molecule has 0 saturated heterocycles. The summed E-state index contributed by atoms with van der Waals surface area (Å²) in [6.07, 6.45) is 1.65. The summed E-state index contributed by atoms with van der Waals surface area (Å²) in [6, 6.07) is 24.8. The van der Waals surface area contributed by atoms with Crippen molar-refractivity contribution in [3.05, 3.63) is 121 Å². The number of hydrazone groups is 1. The fourth-order valence-electron chi connectivity index (χ4n) is 5.15. The topological polar surface area (TPSA) is 105 Å². The Morgan fingerprint density at radius 2 is 1.69 bits per heavy atom. The number of hydrogen-bond acceptors (Lipinski definition) is 7. The molecule has 2 aliphatic heterocycles. The Balaban J connectivity index is 1.46. The van der Waals surface area contributed by atoms with Gasteiger partial charge in [-0.2, -0.15) is 10.1 Å². The van der Waals surface area contributed by atoms with Gasteiger partial charge in [0, 0.05) is 5.69 Å². The van der Waals surface area contributed by atoms with Gasteiger partial charge in [0.2, 0.25) is 0 Å². The second kappa shape index (κ2) is 11.1. The smallest absolute Gasteiger partial charge is 0.270 e. The average Bonchev–Trinajstić information content (AvgIpc) is 3.47. The summed E-state index contributed by atoms with van der Waals surface area (Å²) in [4.78, 5) is 46.3. The van der Waals surface area contributed by atoms with Crippen molar-refractivity contribution in [2.75, 3.05) is 17.4 Å². The van der Waals surface area contributed by atoms with Crippen LogP contribution in [0.15, 0.2) is 111 Å². The number of benzene rings is 3. The largest absolute Gasteiger partial charge is 0.497 e. The van der Waals surface area contributed by atoms with Gasteiger partial charge in [0.15, 0.2) is 4.80 Å². The summed E-state index contributed by atoms with van der Waals surface area (Å²) >= 11 is 1.19. The number of methoxy groups -OCH3 is 1. The molecule has 0 saturated carbocycles. The lowest BCUT2D eigenvalue weighted by Gasteiger charge is -2.25. The number of para-hydroxylation sites is 2. The van der Waals surface area contributed by atoms with E-state index in [0.717, 1.165) is 0 Å². The molecule has 9 nitrogen and oxygen atoms in total. The van der Waals surface area contributed by atoms with Crippen molar-refractivity contribution >= 4 is 46.3 Å². The highest BCUT2D eigenvalue weighted by molar-refractivity contribution is 7.07. The molecule has 3 aromatic carbocycles. The molecule has 0 unspecified atom stereocenters. The number of allylic oxidation sites excluding steroid dienone is 1. The van der Waals surface area contributed by atoms with E-state index in [4.69, 9.17) is 4.74 Å². The van der Waals surface area contributed by atoms with Gasteiger partial charge >= 0.3 is 0 Å². The molecule has 3 heterocycles. The lowest BCUT2D eigenvalue weighted by atomic mass is 9.95.